The molecule has 3 aliphatic heterocycles. The summed E-state index contributed by atoms with van der Waals surface area (Å²) in [5, 5.41) is 18.2. The third-order valence-corrected chi connectivity index (χ3v) is 19.9. The Bertz CT molecular complexity index is 4500. The monoisotopic (exact) mass is 1010 g/mol. The lowest BCUT2D eigenvalue weighted by atomic mass is 9.56. The number of rotatable bonds is 2. The zero-order valence-electron chi connectivity index (χ0n) is 47.6. The summed E-state index contributed by atoms with van der Waals surface area (Å²) in [5.41, 5.74) is 22.3. The summed E-state index contributed by atoms with van der Waals surface area (Å²) in [6.45, 7) is 19.6. The molecule has 10 aromatic rings. The van der Waals surface area contributed by atoms with Crippen molar-refractivity contribution in [1.29, 1.82) is 0 Å². The zero-order valence-corrected chi connectivity index (χ0v) is 47.6. The van der Waals surface area contributed by atoms with E-state index in [-0.39, 0.29) is 17.3 Å². The fourth-order valence-electron chi connectivity index (χ4n) is 15.1. The lowest BCUT2D eigenvalue weighted by Gasteiger charge is -2.50. The van der Waals surface area contributed by atoms with Crippen LogP contribution in [0.2, 0.25) is 0 Å². The first-order valence-electron chi connectivity index (χ1n) is 28.4. The SMILES string of the molecule is Bc1c(B)c(B)c(-c2ccc3c(c2)c2ccc4c5c2n3/C2=C/C(C)(C(C)(C)C)C3=C(CC)C(C)C=C(c6cccc7c6[nH]c6c(cccc6c6ccccc6c6ccccc76)Nc6cccc(c6C5(C)N2)O4)C3C)c(B)c1B. The van der Waals surface area contributed by atoms with E-state index in [9.17, 15) is 0 Å². The molecule has 0 saturated heterocycles. The summed E-state index contributed by atoms with van der Waals surface area (Å²) in [7, 11) is 11.5. The summed E-state index contributed by atoms with van der Waals surface area (Å²) in [6, 6.07) is 50.0. The van der Waals surface area contributed by atoms with Gasteiger partial charge in [0.2, 0.25) is 0 Å². The lowest BCUT2D eigenvalue weighted by molar-refractivity contribution is 0.197. The van der Waals surface area contributed by atoms with Crippen LogP contribution in [0.5, 0.6) is 11.5 Å². The molecule has 8 aromatic carbocycles. The van der Waals surface area contributed by atoms with Gasteiger partial charge in [-0.2, -0.15) is 0 Å². The summed E-state index contributed by atoms with van der Waals surface area (Å²) in [4.78, 5) is 4.30. The number of nitrogens with one attached hydrogen (secondary N) is 3. The lowest BCUT2D eigenvalue weighted by Crippen LogP contribution is -2.55. The highest BCUT2D eigenvalue weighted by Crippen LogP contribution is 2.60. The predicted molar refractivity (Wildman–Crippen MR) is 349 cm³/mol. The number of H-pyrrole nitrogens is 1. The normalized spacial score (nSPS) is 21.0. The van der Waals surface area contributed by atoms with Gasteiger partial charge in [-0.05, 0) is 111 Å². The van der Waals surface area contributed by atoms with Crippen molar-refractivity contribution in [2.45, 2.75) is 67.3 Å². The number of aromatic nitrogens is 2. The highest BCUT2D eigenvalue weighted by atomic mass is 16.5. The largest absolute Gasteiger partial charge is 0.456 e. The molecule has 4 unspecified atom stereocenters. The van der Waals surface area contributed by atoms with E-state index in [2.05, 4.69) is 260 Å². The predicted octanol–water partition coefficient (Wildman–Crippen LogP) is 9.77. The smallest absolute Gasteiger partial charge is 0.139 e. The Labute approximate surface area is 463 Å². The van der Waals surface area contributed by atoms with Crippen LogP contribution in [0.3, 0.4) is 0 Å². The molecule has 378 valence electrons. The maximum Gasteiger partial charge on any atom is 0.139 e. The van der Waals surface area contributed by atoms with Crippen molar-refractivity contribution >= 4 is 154 Å². The first-order chi connectivity index (χ1) is 37.4. The second-order valence-corrected chi connectivity index (χ2v) is 24.6. The van der Waals surface area contributed by atoms with Crippen molar-refractivity contribution in [2.24, 2.45) is 22.7 Å². The number of para-hydroxylation sites is 2. The van der Waals surface area contributed by atoms with E-state index in [1.54, 1.807) is 0 Å². The summed E-state index contributed by atoms with van der Waals surface area (Å²) in [5.74, 6) is 3.06. The van der Waals surface area contributed by atoms with Gasteiger partial charge in [-0.3, -0.25) is 4.57 Å². The van der Waals surface area contributed by atoms with Crippen molar-refractivity contribution in [1.82, 2.24) is 14.9 Å². The van der Waals surface area contributed by atoms with E-state index in [1.165, 1.54) is 109 Å². The Hall–Kier alpha value is -7.70. The number of hydrogen-bond acceptors (Lipinski definition) is 3. The molecule has 78 heavy (non-hydrogen) atoms. The van der Waals surface area contributed by atoms with E-state index in [1.807, 2.05) is 0 Å². The van der Waals surface area contributed by atoms with Gasteiger partial charge >= 0.3 is 0 Å². The van der Waals surface area contributed by atoms with Crippen LogP contribution in [-0.4, -0.2) is 48.8 Å². The maximum atomic E-state index is 7.24. The number of allylic oxidation sites excluding steroid dienone is 5. The maximum absolute atomic E-state index is 7.24. The number of aromatic amines is 1. The molecule has 4 aliphatic rings. The average molecular weight is 1010 g/mol. The van der Waals surface area contributed by atoms with Gasteiger partial charge in [0.25, 0.3) is 0 Å². The Morgan fingerprint density at radius 3 is 1.86 bits per heavy atom. The van der Waals surface area contributed by atoms with Crippen LogP contribution >= 0.6 is 0 Å². The van der Waals surface area contributed by atoms with Crippen molar-refractivity contribution in [3.63, 3.8) is 0 Å². The van der Waals surface area contributed by atoms with Gasteiger partial charge in [0.15, 0.2) is 0 Å². The van der Waals surface area contributed by atoms with Crippen molar-refractivity contribution in [3.8, 4) is 22.6 Å². The van der Waals surface area contributed by atoms with E-state index < -0.39 is 11.0 Å². The van der Waals surface area contributed by atoms with Crippen molar-refractivity contribution in [3.05, 3.63) is 173 Å². The van der Waals surface area contributed by atoms with Crippen LogP contribution in [0.15, 0.2) is 157 Å². The second kappa shape index (κ2) is 16.9. The van der Waals surface area contributed by atoms with Crippen LogP contribution in [0.25, 0.3) is 87.7 Å². The summed E-state index contributed by atoms with van der Waals surface area (Å²) < 4.78 is 9.81. The van der Waals surface area contributed by atoms with E-state index in [0.29, 0.717) is 0 Å². The second-order valence-electron chi connectivity index (χ2n) is 24.6. The highest BCUT2D eigenvalue weighted by Gasteiger charge is 2.50. The average Bonchev–Trinajstić information content (AvgIpc) is 3.20. The van der Waals surface area contributed by atoms with E-state index in [4.69, 9.17) is 4.74 Å². The van der Waals surface area contributed by atoms with Gasteiger partial charge in [0.1, 0.15) is 56.6 Å². The summed E-state index contributed by atoms with van der Waals surface area (Å²) in [6.07, 6.45) is 6.21. The Kier molecular flexibility index (Phi) is 10.5. The Morgan fingerprint density at radius 2 is 1.19 bits per heavy atom. The van der Waals surface area contributed by atoms with Gasteiger partial charge in [-0.1, -0.05) is 168 Å². The zero-order chi connectivity index (χ0) is 54.1. The number of anilines is 2. The standard InChI is InChI=1S/C68H65B5N4O/c1-9-37-34(2)31-46-35(3)55(37)67(7,66(4,5)6)33-53-76-68(8)56-48(74-49-25-15-23-43-41-20-13-11-18-39(41)38-17-10-12-19-40(38)42-21-14-22-44(46)63(42)75-64(43)49)24-16-26-51(56)78-52-30-28-45-47-32-36(27-29-50(47)77(53)65(45)57(52)68)54-58(69)60(71)62(73)61(72)59(54)70/h10-35,74-76H,9,69-73H2,1-8H3/b53-33+. The molecule has 5 nitrogen and oxygen atoms in total. The molecule has 0 fully saturated rings. The number of nitrogens with zero attached hydrogens (tertiary/aromatic N) is 1. The number of benzene rings is 8. The molecule has 6 bridgehead atoms. The minimum absolute atomic E-state index is 0.0664. The van der Waals surface area contributed by atoms with Crippen molar-refractivity contribution < 1.29 is 4.74 Å². The minimum atomic E-state index is -0.750. The highest BCUT2D eigenvalue weighted by molar-refractivity contribution is 6.68. The molecule has 0 spiro atoms. The summed E-state index contributed by atoms with van der Waals surface area (Å²) >= 11 is 0. The molecule has 4 atom stereocenters. The number of ether oxygens (including phenoxy) is 1. The van der Waals surface area contributed by atoms with Gasteiger partial charge < -0.3 is 20.4 Å². The van der Waals surface area contributed by atoms with Crippen LogP contribution in [0, 0.1) is 22.7 Å². The Morgan fingerprint density at radius 1 is 0.603 bits per heavy atom. The van der Waals surface area contributed by atoms with Crippen LogP contribution < -0.4 is 42.7 Å². The molecule has 0 amide bonds. The quantitative estimate of drug-likeness (QED) is 0.120. The first kappa shape index (κ1) is 48.7. The molecular formula is C68H65B5N4O. The third kappa shape index (κ3) is 6.55. The molecule has 1 aliphatic carbocycles. The van der Waals surface area contributed by atoms with Gasteiger partial charge in [-0.25, -0.2) is 0 Å². The number of fused-ring (bicyclic) bond motifs is 13. The molecule has 10 heteroatoms. The van der Waals surface area contributed by atoms with Crippen LogP contribution in [-0.2, 0) is 5.54 Å². The van der Waals surface area contributed by atoms with Gasteiger partial charge in [-0.15, -0.1) is 16.4 Å². The van der Waals surface area contributed by atoms with Gasteiger partial charge in [0.05, 0.1) is 33.3 Å². The first-order valence-corrected chi connectivity index (χ1v) is 28.4. The molecule has 5 heterocycles. The Balaban J connectivity index is 1.16. The molecule has 14 rings (SSSR count). The minimum Gasteiger partial charge on any atom is -0.456 e. The third-order valence-electron chi connectivity index (χ3n) is 19.9. The van der Waals surface area contributed by atoms with Gasteiger partial charge in [0, 0.05) is 55.3 Å². The number of hydrogen-bond donors (Lipinski definition) is 3. The van der Waals surface area contributed by atoms with Crippen molar-refractivity contribution in [2.75, 3.05) is 5.32 Å². The molecular weight excluding hydrogens is 943 g/mol. The molecule has 2 aromatic heterocycles. The fraction of sp³-hybridized carbons (Fsp3) is 0.206. The van der Waals surface area contributed by atoms with Crippen LogP contribution in [0.4, 0.5) is 11.4 Å². The van der Waals surface area contributed by atoms with E-state index >= 15 is 0 Å². The van der Waals surface area contributed by atoms with Crippen LogP contribution in [0.1, 0.15) is 78.5 Å². The molecule has 3 N–H and O–H groups in total. The van der Waals surface area contributed by atoms with E-state index in [0.717, 1.165) is 62.7 Å². The fourth-order valence-corrected chi connectivity index (χ4v) is 15.1. The molecule has 0 saturated carbocycles. The molecule has 0 radical (unpaired) electrons. The topological polar surface area (TPSA) is 54.0 Å².